The fourth-order valence-corrected chi connectivity index (χ4v) is 3.22. The first-order valence-electron chi connectivity index (χ1n) is 8.26. The van der Waals surface area contributed by atoms with Crippen LogP contribution in [0.4, 0.5) is 5.82 Å². The van der Waals surface area contributed by atoms with E-state index in [4.69, 9.17) is 10.2 Å². The molecule has 0 fully saturated rings. The van der Waals surface area contributed by atoms with Gasteiger partial charge in [0, 0.05) is 17.8 Å². The Bertz CT molecular complexity index is 1340. The summed E-state index contributed by atoms with van der Waals surface area (Å²) in [5, 5.41) is 2.14. The van der Waals surface area contributed by atoms with Gasteiger partial charge in [-0.2, -0.15) is 4.98 Å². The molecule has 4 aromatic rings. The summed E-state index contributed by atoms with van der Waals surface area (Å²) in [6.45, 7) is 0. The molecule has 28 heavy (non-hydrogen) atoms. The number of carbonyl (C=O) groups is 2. The molecule has 0 saturated carbocycles. The highest BCUT2D eigenvalue weighted by Crippen LogP contribution is 2.27. The first kappa shape index (κ1) is 15.9. The summed E-state index contributed by atoms with van der Waals surface area (Å²) in [5.41, 5.74) is 7.51. The summed E-state index contributed by atoms with van der Waals surface area (Å²) in [4.78, 5) is 44.9. The number of anilines is 1. The minimum absolute atomic E-state index is 0.0129. The van der Waals surface area contributed by atoms with E-state index in [9.17, 15) is 14.4 Å². The molecule has 136 valence electrons. The van der Waals surface area contributed by atoms with Gasteiger partial charge < -0.3 is 10.2 Å². The van der Waals surface area contributed by atoms with Crippen LogP contribution in [0.2, 0.25) is 0 Å². The van der Waals surface area contributed by atoms with Crippen molar-refractivity contribution >= 4 is 28.9 Å². The lowest BCUT2D eigenvalue weighted by Gasteiger charge is -2.12. The predicted octanol–water partition coefficient (Wildman–Crippen LogP) is 1.51. The van der Waals surface area contributed by atoms with Gasteiger partial charge in [0.1, 0.15) is 5.82 Å². The predicted molar refractivity (Wildman–Crippen MR) is 99.0 cm³/mol. The number of pyridine rings is 2. The molecule has 5 rings (SSSR count). The van der Waals surface area contributed by atoms with E-state index in [2.05, 4.69) is 15.3 Å². The zero-order valence-electron chi connectivity index (χ0n) is 14.2. The summed E-state index contributed by atoms with van der Waals surface area (Å²) in [7, 11) is 0. The third-order valence-corrected chi connectivity index (χ3v) is 4.47. The molecule has 0 saturated heterocycles. The summed E-state index contributed by atoms with van der Waals surface area (Å²) >= 11 is 0. The molecule has 3 N–H and O–H groups in total. The van der Waals surface area contributed by atoms with E-state index < -0.39 is 17.4 Å². The van der Waals surface area contributed by atoms with Crippen molar-refractivity contribution < 1.29 is 14.0 Å². The zero-order chi connectivity index (χ0) is 19.4. The van der Waals surface area contributed by atoms with Crippen LogP contribution in [0.15, 0.2) is 57.9 Å². The van der Waals surface area contributed by atoms with E-state index in [1.807, 2.05) is 0 Å². The van der Waals surface area contributed by atoms with E-state index in [1.165, 1.54) is 4.57 Å². The molecular formula is C19H11N5O4. The number of nitrogen functional groups attached to an aromatic ring is 1. The zero-order valence-corrected chi connectivity index (χ0v) is 14.2. The van der Waals surface area contributed by atoms with Crippen LogP contribution >= 0.6 is 0 Å². The minimum atomic E-state index is -0.635. The highest BCUT2D eigenvalue weighted by molar-refractivity contribution is 6.23. The molecule has 2 amide bonds. The summed E-state index contributed by atoms with van der Waals surface area (Å²) < 4.78 is 6.88. The van der Waals surface area contributed by atoms with E-state index in [1.54, 1.807) is 42.6 Å². The molecular weight excluding hydrogens is 362 g/mol. The Labute approximate surface area is 156 Å². The van der Waals surface area contributed by atoms with Crippen molar-refractivity contribution in [1.82, 2.24) is 19.9 Å². The third kappa shape index (κ3) is 2.23. The largest absolute Gasteiger partial charge is 0.434 e. The second kappa shape index (κ2) is 5.61. The number of nitrogens with zero attached hydrogens (tertiary/aromatic N) is 3. The molecule has 0 atom stereocenters. The number of rotatable bonds is 2. The Hall–Kier alpha value is -4.27. The van der Waals surface area contributed by atoms with E-state index in [0.29, 0.717) is 28.4 Å². The molecule has 9 heteroatoms. The first-order chi connectivity index (χ1) is 13.5. The van der Waals surface area contributed by atoms with Gasteiger partial charge >= 0.3 is 0 Å². The second-order valence-electron chi connectivity index (χ2n) is 6.17. The number of carbonyl (C=O) groups excluding carboxylic acids is 2. The molecule has 3 aromatic heterocycles. The Balaban J connectivity index is 1.69. The average molecular weight is 373 g/mol. The number of oxazole rings is 1. The lowest BCUT2D eigenvalue weighted by atomic mass is 10.1. The van der Waals surface area contributed by atoms with Gasteiger partial charge in [-0.25, -0.2) is 4.98 Å². The maximum Gasteiger partial charge on any atom is 0.262 e. The maximum absolute atomic E-state index is 12.6. The normalized spacial score (nSPS) is 13.0. The van der Waals surface area contributed by atoms with Crippen molar-refractivity contribution in [2.45, 2.75) is 0 Å². The highest BCUT2D eigenvalue weighted by Gasteiger charge is 2.31. The number of benzene rings is 1. The van der Waals surface area contributed by atoms with E-state index in [0.717, 1.165) is 6.07 Å². The molecule has 4 heterocycles. The van der Waals surface area contributed by atoms with Crippen molar-refractivity contribution in [3.8, 4) is 17.1 Å². The topological polar surface area (TPSA) is 133 Å². The molecule has 1 aliphatic rings. The van der Waals surface area contributed by atoms with E-state index >= 15 is 0 Å². The number of imide groups is 1. The van der Waals surface area contributed by atoms with Gasteiger partial charge in [0.05, 0.1) is 16.8 Å². The second-order valence-corrected chi connectivity index (χ2v) is 6.17. The molecule has 1 aliphatic heterocycles. The van der Waals surface area contributed by atoms with Crippen molar-refractivity contribution in [3.63, 3.8) is 0 Å². The lowest BCUT2D eigenvalue weighted by Crippen LogP contribution is -2.24. The minimum Gasteiger partial charge on any atom is -0.434 e. The number of hydrogen-bond acceptors (Lipinski definition) is 7. The third-order valence-electron chi connectivity index (χ3n) is 4.47. The van der Waals surface area contributed by atoms with E-state index in [-0.39, 0.29) is 16.9 Å². The van der Waals surface area contributed by atoms with Crippen LogP contribution in [0.25, 0.3) is 28.4 Å². The van der Waals surface area contributed by atoms with Crippen LogP contribution in [0.5, 0.6) is 0 Å². The molecule has 0 bridgehead atoms. The van der Waals surface area contributed by atoms with Gasteiger partial charge in [0.25, 0.3) is 17.4 Å². The quantitative estimate of drug-likeness (QED) is 0.509. The molecule has 0 unspecified atom stereocenters. The summed E-state index contributed by atoms with van der Waals surface area (Å²) in [6, 6.07) is 11.4. The Morgan fingerprint density at radius 3 is 2.71 bits per heavy atom. The molecule has 0 spiro atoms. The molecule has 1 aromatic carbocycles. The molecule has 0 aliphatic carbocycles. The van der Waals surface area contributed by atoms with Crippen LogP contribution in [-0.2, 0) is 0 Å². The number of nitrogens with two attached hydrogens (primary N) is 1. The fourth-order valence-electron chi connectivity index (χ4n) is 3.22. The SMILES string of the molecule is Nc1c2c(cc(=O)n1-c1cccc(-c3nc4ncccc4o3)c1)C(=O)NC2=O. The highest BCUT2D eigenvalue weighted by atomic mass is 16.3. The van der Waals surface area contributed by atoms with Gasteiger partial charge in [0.2, 0.25) is 5.89 Å². The fraction of sp³-hybridized carbons (Fsp3) is 0. The van der Waals surface area contributed by atoms with Gasteiger partial charge in [0.15, 0.2) is 11.2 Å². The molecule has 0 radical (unpaired) electrons. The number of aromatic nitrogens is 3. The van der Waals surface area contributed by atoms with Crippen LogP contribution < -0.4 is 16.6 Å². The van der Waals surface area contributed by atoms with Gasteiger partial charge in [-0.05, 0) is 30.3 Å². The van der Waals surface area contributed by atoms with Crippen molar-refractivity contribution in [1.29, 1.82) is 0 Å². The number of fused-ring (bicyclic) bond motifs is 2. The average Bonchev–Trinajstić information content (AvgIpc) is 3.23. The van der Waals surface area contributed by atoms with Crippen LogP contribution in [0.1, 0.15) is 20.7 Å². The summed E-state index contributed by atoms with van der Waals surface area (Å²) in [5.74, 6) is -1.05. The van der Waals surface area contributed by atoms with Gasteiger partial charge in [-0.3, -0.25) is 24.3 Å². The summed E-state index contributed by atoms with van der Waals surface area (Å²) in [6.07, 6.45) is 1.61. The molecule has 9 nitrogen and oxygen atoms in total. The van der Waals surface area contributed by atoms with Crippen LogP contribution in [0.3, 0.4) is 0 Å². The monoisotopic (exact) mass is 373 g/mol. The maximum atomic E-state index is 12.6. The first-order valence-corrected chi connectivity index (χ1v) is 8.26. The smallest absolute Gasteiger partial charge is 0.262 e. The number of amides is 2. The number of hydrogen-bond donors (Lipinski definition) is 2. The van der Waals surface area contributed by atoms with Crippen LogP contribution in [-0.4, -0.2) is 26.3 Å². The van der Waals surface area contributed by atoms with Crippen molar-refractivity contribution in [2.24, 2.45) is 0 Å². The van der Waals surface area contributed by atoms with Gasteiger partial charge in [-0.15, -0.1) is 0 Å². The number of nitrogens with one attached hydrogen (secondary N) is 1. The lowest BCUT2D eigenvalue weighted by molar-refractivity contribution is 0.0880. The Morgan fingerprint density at radius 2 is 1.89 bits per heavy atom. The Kier molecular flexibility index (Phi) is 3.20. The van der Waals surface area contributed by atoms with Crippen LogP contribution in [0, 0.1) is 0 Å². The van der Waals surface area contributed by atoms with Crippen molar-refractivity contribution in [2.75, 3.05) is 5.73 Å². The standard InChI is InChI=1S/C19H11N5O4/c20-15-14-11(17(26)23-18(14)27)8-13(25)24(15)10-4-1-3-9(7-10)19-22-16-12(28-19)5-2-6-21-16/h1-8H,20H2,(H,23,26,27). The van der Waals surface area contributed by atoms with Gasteiger partial charge in [-0.1, -0.05) is 6.07 Å². The van der Waals surface area contributed by atoms with Crippen molar-refractivity contribution in [3.05, 3.63) is 70.1 Å². The Morgan fingerprint density at radius 1 is 1.04 bits per heavy atom.